The average Bonchev–Trinajstić information content (AvgIpc) is 2.95. The molecule has 1 aliphatic rings. The van der Waals surface area contributed by atoms with Crippen molar-refractivity contribution in [3.63, 3.8) is 0 Å². The van der Waals surface area contributed by atoms with Gasteiger partial charge in [-0.05, 0) is 37.1 Å². The quantitative estimate of drug-likeness (QED) is 0.915. The highest BCUT2D eigenvalue weighted by Crippen LogP contribution is 2.34. The monoisotopic (exact) mass is 269 g/mol. The summed E-state index contributed by atoms with van der Waals surface area (Å²) in [5.41, 5.74) is 2.50. The first-order valence-electron chi connectivity index (χ1n) is 6.94. The summed E-state index contributed by atoms with van der Waals surface area (Å²) < 4.78 is 10.8. The molecule has 0 aromatic heterocycles. The summed E-state index contributed by atoms with van der Waals surface area (Å²) >= 11 is 0. The molecule has 0 bridgehead atoms. The number of hydrogen-bond donors (Lipinski definition) is 1. The summed E-state index contributed by atoms with van der Waals surface area (Å²) in [6, 6.07) is 17.1. The number of rotatable bonds is 4. The second kappa shape index (κ2) is 5.55. The maximum atomic E-state index is 5.43. The maximum absolute atomic E-state index is 5.43. The molecule has 0 spiro atoms. The lowest BCUT2D eigenvalue weighted by Gasteiger charge is -2.21. The minimum Gasteiger partial charge on any atom is -0.454 e. The summed E-state index contributed by atoms with van der Waals surface area (Å²) in [5, 5.41) is 3.61. The Bertz CT molecular complexity index is 583. The van der Waals surface area contributed by atoms with Gasteiger partial charge in [-0.15, -0.1) is 0 Å². The van der Waals surface area contributed by atoms with Crippen molar-refractivity contribution >= 4 is 0 Å². The third kappa shape index (κ3) is 2.63. The van der Waals surface area contributed by atoms with E-state index >= 15 is 0 Å². The smallest absolute Gasteiger partial charge is 0.231 e. The Hall–Kier alpha value is -2.00. The summed E-state index contributed by atoms with van der Waals surface area (Å²) in [6.07, 6.45) is 0. The van der Waals surface area contributed by atoms with Crippen LogP contribution in [-0.4, -0.2) is 6.79 Å². The van der Waals surface area contributed by atoms with E-state index in [0.29, 0.717) is 12.8 Å². The van der Waals surface area contributed by atoms with Gasteiger partial charge in [0.2, 0.25) is 6.79 Å². The molecule has 20 heavy (non-hydrogen) atoms. The fourth-order valence-corrected chi connectivity index (χ4v) is 2.49. The number of ether oxygens (including phenoxy) is 2. The van der Waals surface area contributed by atoms with Crippen molar-refractivity contribution in [2.45, 2.75) is 25.9 Å². The van der Waals surface area contributed by atoms with Crippen LogP contribution in [0.1, 0.15) is 37.1 Å². The summed E-state index contributed by atoms with van der Waals surface area (Å²) in [7, 11) is 0. The lowest BCUT2D eigenvalue weighted by molar-refractivity contribution is 0.174. The van der Waals surface area contributed by atoms with E-state index in [9.17, 15) is 0 Å². The standard InChI is InChI=1S/C17H19NO2/c1-12(14-6-4-3-5-7-14)18-13(2)15-8-9-16-17(10-15)20-11-19-16/h3-10,12-13,18H,11H2,1-2H3/t12-,13?/m0/s1. The zero-order valence-corrected chi connectivity index (χ0v) is 11.8. The predicted octanol–water partition coefficient (Wildman–Crippen LogP) is 3.83. The first-order chi connectivity index (χ1) is 9.74. The van der Waals surface area contributed by atoms with Crippen LogP contribution >= 0.6 is 0 Å². The molecule has 1 unspecified atom stereocenters. The molecular formula is C17H19NO2. The molecule has 0 aliphatic carbocycles. The second-order valence-corrected chi connectivity index (χ2v) is 5.13. The molecule has 1 N–H and O–H groups in total. The van der Waals surface area contributed by atoms with E-state index < -0.39 is 0 Å². The largest absolute Gasteiger partial charge is 0.454 e. The second-order valence-electron chi connectivity index (χ2n) is 5.13. The Morgan fingerprint density at radius 3 is 2.35 bits per heavy atom. The summed E-state index contributed by atoms with van der Waals surface area (Å²) in [5.74, 6) is 1.67. The predicted molar refractivity (Wildman–Crippen MR) is 79.0 cm³/mol. The molecular weight excluding hydrogens is 250 g/mol. The zero-order valence-electron chi connectivity index (χ0n) is 11.8. The van der Waals surface area contributed by atoms with Crippen molar-refractivity contribution in [1.29, 1.82) is 0 Å². The molecule has 3 rings (SSSR count). The van der Waals surface area contributed by atoms with Crippen LogP contribution in [0.15, 0.2) is 48.5 Å². The molecule has 3 nitrogen and oxygen atoms in total. The molecule has 3 heteroatoms. The van der Waals surface area contributed by atoms with Gasteiger partial charge in [0.25, 0.3) is 0 Å². The number of fused-ring (bicyclic) bond motifs is 1. The van der Waals surface area contributed by atoms with Crippen LogP contribution < -0.4 is 14.8 Å². The van der Waals surface area contributed by atoms with Crippen LogP contribution in [0.25, 0.3) is 0 Å². The van der Waals surface area contributed by atoms with Gasteiger partial charge in [-0.2, -0.15) is 0 Å². The molecule has 1 aliphatic heterocycles. The molecule has 0 saturated carbocycles. The van der Waals surface area contributed by atoms with Gasteiger partial charge in [0.15, 0.2) is 11.5 Å². The number of hydrogen-bond acceptors (Lipinski definition) is 3. The molecule has 2 aromatic carbocycles. The van der Waals surface area contributed by atoms with Crippen molar-refractivity contribution in [1.82, 2.24) is 5.32 Å². The number of benzene rings is 2. The fourth-order valence-electron chi connectivity index (χ4n) is 2.49. The van der Waals surface area contributed by atoms with Crippen molar-refractivity contribution in [3.8, 4) is 11.5 Å². The van der Waals surface area contributed by atoms with Crippen molar-refractivity contribution < 1.29 is 9.47 Å². The molecule has 0 amide bonds. The molecule has 0 radical (unpaired) electrons. The van der Waals surface area contributed by atoms with Gasteiger partial charge in [-0.25, -0.2) is 0 Å². The Morgan fingerprint density at radius 2 is 1.55 bits per heavy atom. The fraction of sp³-hybridized carbons (Fsp3) is 0.294. The highest BCUT2D eigenvalue weighted by Gasteiger charge is 2.17. The summed E-state index contributed by atoms with van der Waals surface area (Å²) in [6.45, 7) is 4.66. The van der Waals surface area contributed by atoms with Crippen LogP contribution in [0, 0.1) is 0 Å². The zero-order chi connectivity index (χ0) is 13.9. The number of nitrogens with one attached hydrogen (secondary N) is 1. The molecule has 104 valence electrons. The van der Waals surface area contributed by atoms with Gasteiger partial charge in [-0.1, -0.05) is 36.4 Å². The highest BCUT2D eigenvalue weighted by molar-refractivity contribution is 5.45. The molecule has 2 atom stereocenters. The minimum atomic E-state index is 0.250. The van der Waals surface area contributed by atoms with Gasteiger partial charge in [0.1, 0.15) is 0 Å². The Kier molecular flexibility index (Phi) is 3.61. The topological polar surface area (TPSA) is 30.5 Å². The van der Waals surface area contributed by atoms with Crippen molar-refractivity contribution in [3.05, 3.63) is 59.7 Å². The maximum Gasteiger partial charge on any atom is 0.231 e. The normalized spacial score (nSPS) is 15.9. The van der Waals surface area contributed by atoms with Crippen LogP contribution in [0.5, 0.6) is 11.5 Å². The third-order valence-corrected chi connectivity index (χ3v) is 3.70. The average molecular weight is 269 g/mol. The highest BCUT2D eigenvalue weighted by atomic mass is 16.7. The van der Waals surface area contributed by atoms with E-state index in [1.165, 1.54) is 11.1 Å². The third-order valence-electron chi connectivity index (χ3n) is 3.70. The van der Waals surface area contributed by atoms with Gasteiger partial charge in [0, 0.05) is 12.1 Å². The van der Waals surface area contributed by atoms with E-state index in [1.807, 2.05) is 12.1 Å². The summed E-state index contributed by atoms with van der Waals surface area (Å²) in [4.78, 5) is 0. The van der Waals surface area contributed by atoms with E-state index in [1.54, 1.807) is 0 Å². The van der Waals surface area contributed by atoms with E-state index in [0.717, 1.165) is 11.5 Å². The van der Waals surface area contributed by atoms with Gasteiger partial charge in [-0.3, -0.25) is 0 Å². The molecule has 0 saturated heterocycles. The Labute approximate surface area is 119 Å². The van der Waals surface area contributed by atoms with E-state index in [4.69, 9.17) is 9.47 Å². The molecule has 2 aromatic rings. The first-order valence-corrected chi connectivity index (χ1v) is 6.94. The van der Waals surface area contributed by atoms with E-state index in [2.05, 4.69) is 55.6 Å². The molecule has 0 fully saturated rings. The molecule has 1 heterocycles. The lowest BCUT2D eigenvalue weighted by Crippen LogP contribution is -2.22. The van der Waals surface area contributed by atoms with Crippen LogP contribution in [0.2, 0.25) is 0 Å². The van der Waals surface area contributed by atoms with Gasteiger partial charge in [0.05, 0.1) is 0 Å². The van der Waals surface area contributed by atoms with E-state index in [-0.39, 0.29) is 6.04 Å². The van der Waals surface area contributed by atoms with Gasteiger partial charge < -0.3 is 14.8 Å². The van der Waals surface area contributed by atoms with Gasteiger partial charge >= 0.3 is 0 Å². The first kappa shape index (κ1) is 13.0. The minimum absolute atomic E-state index is 0.250. The van der Waals surface area contributed by atoms with Crippen molar-refractivity contribution in [2.75, 3.05) is 6.79 Å². The Morgan fingerprint density at radius 1 is 0.850 bits per heavy atom. The van der Waals surface area contributed by atoms with Crippen LogP contribution in [0.4, 0.5) is 0 Å². The lowest BCUT2D eigenvalue weighted by atomic mass is 10.0. The van der Waals surface area contributed by atoms with Crippen LogP contribution in [0.3, 0.4) is 0 Å². The van der Waals surface area contributed by atoms with Crippen molar-refractivity contribution in [2.24, 2.45) is 0 Å². The van der Waals surface area contributed by atoms with Crippen LogP contribution in [-0.2, 0) is 0 Å². The SMILES string of the molecule is CC(N[C@@H](C)c1ccccc1)c1ccc2c(c1)OCO2. The Balaban J connectivity index is 1.71.